The molecule has 1 N–H and O–H groups in total. The molecule has 0 aliphatic heterocycles. The Kier molecular flexibility index (Phi) is 5.71. The van der Waals surface area contributed by atoms with Gasteiger partial charge in [0.15, 0.2) is 0 Å². The maximum absolute atomic E-state index is 5.31. The number of nitrogens with one attached hydrogen (secondary N) is 1. The lowest BCUT2D eigenvalue weighted by Gasteiger charge is -2.19. The second kappa shape index (κ2) is 7.54. The van der Waals surface area contributed by atoms with Crippen molar-refractivity contribution in [2.75, 3.05) is 13.7 Å². The molecular weight excluding hydrogens is 234 g/mol. The third-order valence-corrected chi connectivity index (χ3v) is 3.92. The molecule has 0 heterocycles. The van der Waals surface area contributed by atoms with E-state index in [1.807, 2.05) is 6.07 Å². The molecule has 1 saturated carbocycles. The van der Waals surface area contributed by atoms with E-state index >= 15 is 0 Å². The van der Waals surface area contributed by atoms with Gasteiger partial charge in [-0.25, -0.2) is 0 Å². The third-order valence-electron chi connectivity index (χ3n) is 3.92. The van der Waals surface area contributed by atoms with Crippen LogP contribution in [0.5, 0.6) is 5.75 Å². The summed E-state index contributed by atoms with van der Waals surface area (Å²) in [6.45, 7) is 3.36. The topological polar surface area (TPSA) is 21.3 Å². The van der Waals surface area contributed by atoms with Gasteiger partial charge in [0.2, 0.25) is 0 Å². The summed E-state index contributed by atoms with van der Waals surface area (Å²) in [5.74, 6) is 1.99. The van der Waals surface area contributed by atoms with E-state index in [1.165, 1.54) is 37.7 Å². The smallest absolute Gasteiger partial charge is 0.119 e. The first kappa shape index (κ1) is 14.4. The minimum atomic E-state index is 0.618. The summed E-state index contributed by atoms with van der Waals surface area (Å²) in [5.41, 5.74) is 1.38. The van der Waals surface area contributed by atoms with Gasteiger partial charge in [-0.15, -0.1) is 0 Å². The van der Waals surface area contributed by atoms with Crippen LogP contribution in [-0.2, 0) is 6.42 Å². The Bertz CT molecular complexity index is 373. The minimum absolute atomic E-state index is 0.618. The molecule has 1 unspecified atom stereocenters. The third kappa shape index (κ3) is 5.23. The first-order valence-electron chi connectivity index (χ1n) is 7.68. The molecule has 0 aromatic heterocycles. The van der Waals surface area contributed by atoms with Gasteiger partial charge in [0.1, 0.15) is 5.75 Å². The lowest BCUT2D eigenvalue weighted by Crippen LogP contribution is -2.31. The highest BCUT2D eigenvalue weighted by Crippen LogP contribution is 2.34. The predicted molar refractivity (Wildman–Crippen MR) is 80.7 cm³/mol. The summed E-state index contributed by atoms with van der Waals surface area (Å²) in [7, 11) is 1.74. The molecule has 1 atom stereocenters. The Labute approximate surface area is 117 Å². The van der Waals surface area contributed by atoms with E-state index in [0.717, 1.165) is 24.6 Å². The fourth-order valence-electron chi connectivity index (χ4n) is 2.55. The molecule has 2 rings (SSSR count). The van der Waals surface area contributed by atoms with Crippen molar-refractivity contribution < 1.29 is 4.74 Å². The summed E-state index contributed by atoms with van der Waals surface area (Å²) in [4.78, 5) is 0. The molecule has 1 fully saturated rings. The van der Waals surface area contributed by atoms with E-state index < -0.39 is 0 Å². The molecule has 1 aromatic carbocycles. The second-order valence-corrected chi connectivity index (χ2v) is 5.73. The lowest BCUT2D eigenvalue weighted by atomic mass is 10.00. The number of benzene rings is 1. The number of methoxy groups -OCH3 is 1. The Balaban J connectivity index is 1.88. The van der Waals surface area contributed by atoms with Crippen molar-refractivity contribution in [2.45, 2.75) is 51.5 Å². The molecule has 2 nitrogen and oxygen atoms in total. The predicted octanol–water partition coefficient (Wildman–Crippen LogP) is 3.80. The van der Waals surface area contributed by atoms with Crippen molar-refractivity contribution >= 4 is 0 Å². The molecule has 106 valence electrons. The van der Waals surface area contributed by atoms with Crippen molar-refractivity contribution in [3.05, 3.63) is 29.8 Å². The molecule has 19 heavy (non-hydrogen) atoms. The highest BCUT2D eigenvalue weighted by molar-refractivity contribution is 5.28. The van der Waals surface area contributed by atoms with Gasteiger partial charge in [-0.2, -0.15) is 0 Å². The van der Waals surface area contributed by atoms with Crippen LogP contribution in [0.2, 0.25) is 0 Å². The van der Waals surface area contributed by atoms with E-state index in [1.54, 1.807) is 7.11 Å². The van der Waals surface area contributed by atoms with E-state index in [9.17, 15) is 0 Å². The van der Waals surface area contributed by atoms with Gasteiger partial charge < -0.3 is 10.1 Å². The molecule has 1 aliphatic rings. The quantitative estimate of drug-likeness (QED) is 0.730. The van der Waals surface area contributed by atoms with E-state index in [-0.39, 0.29) is 0 Å². The zero-order chi connectivity index (χ0) is 13.5. The van der Waals surface area contributed by atoms with Crippen LogP contribution in [0.4, 0.5) is 0 Å². The van der Waals surface area contributed by atoms with Gasteiger partial charge in [0, 0.05) is 6.04 Å². The van der Waals surface area contributed by atoms with Gasteiger partial charge in [0.05, 0.1) is 7.11 Å². The fourth-order valence-corrected chi connectivity index (χ4v) is 2.55. The van der Waals surface area contributed by atoms with Crippen molar-refractivity contribution in [3.8, 4) is 5.75 Å². The standard InChI is InChI=1S/C17H27NO/c1-3-11-18-16(10-9-14-7-8-14)12-15-5-4-6-17(13-15)19-2/h4-6,13-14,16,18H,3,7-12H2,1-2H3. The normalized spacial score (nSPS) is 16.3. The second-order valence-electron chi connectivity index (χ2n) is 5.73. The summed E-state index contributed by atoms with van der Waals surface area (Å²) in [6, 6.07) is 9.10. The monoisotopic (exact) mass is 261 g/mol. The molecule has 0 radical (unpaired) electrons. The number of rotatable bonds is 9. The first-order valence-corrected chi connectivity index (χ1v) is 7.68. The number of hydrogen-bond donors (Lipinski definition) is 1. The van der Waals surface area contributed by atoms with Crippen LogP contribution in [0.3, 0.4) is 0 Å². The molecule has 0 spiro atoms. The fraction of sp³-hybridized carbons (Fsp3) is 0.647. The van der Waals surface area contributed by atoms with Crippen LogP contribution in [0.15, 0.2) is 24.3 Å². The van der Waals surface area contributed by atoms with Crippen molar-refractivity contribution in [2.24, 2.45) is 5.92 Å². The van der Waals surface area contributed by atoms with Crippen LogP contribution < -0.4 is 10.1 Å². The van der Waals surface area contributed by atoms with Crippen LogP contribution in [0, 0.1) is 5.92 Å². The van der Waals surface area contributed by atoms with Crippen molar-refractivity contribution in [1.82, 2.24) is 5.32 Å². The van der Waals surface area contributed by atoms with Crippen LogP contribution >= 0.6 is 0 Å². The lowest BCUT2D eigenvalue weighted by molar-refractivity contribution is 0.412. The molecule has 1 aromatic rings. The highest BCUT2D eigenvalue weighted by Gasteiger charge is 2.22. The van der Waals surface area contributed by atoms with Crippen molar-refractivity contribution in [3.63, 3.8) is 0 Å². The molecule has 1 aliphatic carbocycles. The Hall–Kier alpha value is -1.02. The highest BCUT2D eigenvalue weighted by atomic mass is 16.5. The minimum Gasteiger partial charge on any atom is -0.497 e. The molecule has 0 saturated heterocycles. The average molecular weight is 261 g/mol. The van der Waals surface area contributed by atoms with Crippen LogP contribution in [0.25, 0.3) is 0 Å². The average Bonchev–Trinajstić information content (AvgIpc) is 3.26. The SMILES string of the molecule is CCCNC(CCC1CC1)Cc1cccc(OC)c1. The van der Waals surface area contributed by atoms with Gasteiger partial charge >= 0.3 is 0 Å². The molecule has 0 amide bonds. The maximum atomic E-state index is 5.31. The number of ether oxygens (including phenoxy) is 1. The summed E-state index contributed by atoms with van der Waals surface area (Å²) in [5, 5.41) is 3.70. The zero-order valence-electron chi connectivity index (χ0n) is 12.3. The van der Waals surface area contributed by atoms with Crippen LogP contribution in [0.1, 0.15) is 44.6 Å². The van der Waals surface area contributed by atoms with Crippen molar-refractivity contribution in [1.29, 1.82) is 0 Å². The Morgan fingerprint density at radius 1 is 1.37 bits per heavy atom. The maximum Gasteiger partial charge on any atom is 0.119 e. The summed E-state index contributed by atoms with van der Waals surface area (Å²) < 4.78 is 5.31. The van der Waals surface area contributed by atoms with Gasteiger partial charge in [-0.05, 0) is 55.8 Å². The zero-order valence-corrected chi connectivity index (χ0v) is 12.3. The molecular formula is C17H27NO. The van der Waals surface area contributed by atoms with E-state index in [4.69, 9.17) is 4.74 Å². The van der Waals surface area contributed by atoms with E-state index in [2.05, 4.69) is 30.4 Å². The molecule has 2 heteroatoms. The largest absolute Gasteiger partial charge is 0.497 e. The van der Waals surface area contributed by atoms with E-state index in [0.29, 0.717) is 6.04 Å². The molecule has 0 bridgehead atoms. The van der Waals surface area contributed by atoms with Gasteiger partial charge in [0.25, 0.3) is 0 Å². The van der Waals surface area contributed by atoms with Crippen LogP contribution in [-0.4, -0.2) is 19.7 Å². The Morgan fingerprint density at radius 3 is 2.89 bits per heavy atom. The van der Waals surface area contributed by atoms with Gasteiger partial charge in [-0.3, -0.25) is 0 Å². The first-order chi connectivity index (χ1) is 9.31. The number of hydrogen-bond acceptors (Lipinski definition) is 2. The summed E-state index contributed by atoms with van der Waals surface area (Å²) in [6.07, 6.45) is 7.94. The summed E-state index contributed by atoms with van der Waals surface area (Å²) >= 11 is 0. The Morgan fingerprint density at radius 2 is 2.21 bits per heavy atom. The van der Waals surface area contributed by atoms with Gasteiger partial charge in [-0.1, -0.05) is 31.9 Å².